The lowest BCUT2D eigenvalue weighted by molar-refractivity contribution is -0.123. The minimum absolute atomic E-state index is 0.0380. The smallest absolute Gasteiger partial charge is 0.241 e. The van der Waals surface area contributed by atoms with Crippen LogP contribution in [0, 0.1) is 0 Å². The van der Waals surface area contributed by atoms with Crippen LogP contribution >= 0.6 is 11.6 Å². The van der Waals surface area contributed by atoms with Gasteiger partial charge < -0.3 is 14.4 Å². The Morgan fingerprint density at radius 2 is 1.72 bits per heavy atom. The zero-order valence-electron chi connectivity index (χ0n) is 15.5. The number of halogens is 1. The van der Waals surface area contributed by atoms with Gasteiger partial charge in [0.2, 0.25) is 12.7 Å². The number of carbonyl (C=O) groups is 1. The van der Waals surface area contributed by atoms with Gasteiger partial charge in [-0.15, -0.1) is 0 Å². The highest BCUT2D eigenvalue weighted by atomic mass is 35.5. The normalized spacial score (nSPS) is 25.3. The number of rotatable bonds is 3. The van der Waals surface area contributed by atoms with E-state index in [0.29, 0.717) is 28.8 Å². The van der Waals surface area contributed by atoms with Gasteiger partial charge >= 0.3 is 0 Å². The van der Waals surface area contributed by atoms with Gasteiger partial charge in [0.05, 0.1) is 24.1 Å². The number of carbonyl (C=O) groups excluding carboxylic acids is 1. The maximum atomic E-state index is 13.0. The molecule has 3 aliphatic heterocycles. The standard InChI is InChI=1S/C20H19ClN2O5S/c21-14-2-4-15(5-3-14)23-17-11-29(25,26)10-16(17)22(9-20(23)24)8-13-1-6-18-19(7-13)28-12-27-18/h1-7,16-17H,8-12H2/t16-,17+/m1/s1. The highest BCUT2D eigenvalue weighted by Gasteiger charge is 2.49. The molecule has 0 saturated carbocycles. The number of piperazine rings is 1. The van der Waals surface area contributed by atoms with E-state index in [-0.39, 0.29) is 36.8 Å². The van der Waals surface area contributed by atoms with Crippen molar-refractivity contribution in [2.24, 2.45) is 0 Å². The van der Waals surface area contributed by atoms with Crippen molar-refractivity contribution < 1.29 is 22.7 Å². The van der Waals surface area contributed by atoms with Gasteiger partial charge in [0.15, 0.2) is 21.3 Å². The molecule has 0 aromatic heterocycles. The monoisotopic (exact) mass is 434 g/mol. The van der Waals surface area contributed by atoms with E-state index in [1.54, 1.807) is 29.2 Å². The lowest BCUT2D eigenvalue weighted by Crippen LogP contribution is -2.61. The van der Waals surface area contributed by atoms with Crippen LogP contribution in [0.1, 0.15) is 5.56 Å². The molecular weight excluding hydrogens is 416 g/mol. The Bertz CT molecular complexity index is 1070. The predicted molar refractivity (Wildman–Crippen MR) is 108 cm³/mol. The Labute approximate surface area is 173 Å². The van der Waals surface area contributed by atoms with Crippen molar-refractivity contribution in [1.29, 1.82) is 0 Å². The summed E-state index contributed by atoms with van der Waals surface area (Å²) in [4.78, 5) is 16.6. The second-order valence-corrected chi connectivity index (χ2v) is 10.1. The van der Waals surface area contributed by atoms with Crippen LogP contribution in [-0.2, 0) is 21.2 Å². The summed E-state index contributed by atoms with van der Waals surface area (Å²) >= 11 is 5.97. The molecule has 7 nitrogen and oxygen atoms in total. The molecular formula is C20H19ClN2O5S. The maximum Gasteiger partial charge on any atom is 0.241 e. The fourth-order valence-corrected chi connectivity index (χ4v) is 6.45. The Morgan fingerprint density at radius 1 is 1.00 bits per heavy atom. The molecule has 2 aromatic rings. The molecule has 2 aromatic carbocycles. The minimum Gasteiger partial charge on any atom is -0.454 e. The van der Waals surface area contributed by atoms with Gasteiger partial charge in [-0.05, 0) is 42.0 Å². The largest absolute Gasteiger partial charge is 0.454 e. The Balaban J connectivity index is 1.45. The maximum absolute atomic E-state index is 13.0. The summed E-state index contributed by atoms with van der Waals surface area (Å²) in [5.74, 6) is 1.25. The van der Waals surface area contributed by atoms with Crippen LogP contribution in [-0.4, -0.2) is 56.2 Å². The van der Waals surface area contributed by atoms with Crippen molar-refractivity contribution >= 4 is 33.0 Å². The fraction of sp³-hybridized carbons (Fsp3) is 0.350. The third-order valence-electron chi connectivity index (χ3n) is 5.63. The SMILES string of the molecule is O=C1CN(Cc2ccc3c(c2)OCO3)[C@@H]2CS(=O)(=O)C[C@@H]2N1c1ccc(Cl)cc1. The first kappa shape index (κ1) is 18.7. The minimum atomic E-state index is -3.24. The number of hydrogen-bond acceptors (Lipinski definition) is 6. The van der Waals surface area contributed by atoms with Crippen LogP contribution in [0.25, 0.3) is 0 Å². The van der Waals surface area contributed by atoms with E-state index in [0.717, 1.165) is 5.56 Å². The molecule has 152 valence electrons. The van der Waals surface area contributed by atoms with Crippen LogP contribution in [0.2, 0.25) is 5.02 Å². The predicted octanol–water partition coefficient (Wildman–Crippen LogP) is 2.08. The number of benzene rings is 2. The molecule has 2 fully saturated rings. The molecule has 9 heteroatoms. The van der Waals surface area contributed by atoms with Crippen LogP contribution in [0.5, 0.6) is 11.5 Å². The van der Waals surface area contributed by atoms with E-state index in [1.165, 1.54) is 0 Å². The highest BCUT2D eigenvalue weighted by Crippen LogP contribution is 2.35. The molecule has 5 rings (SSSR count). The Hall–Kier alpha value is -2.29. The number of hydrogen-bond donors (Lipinski definition) is 0. The molecule has 0 unspecified atom stereocenters. The van der Waals surface area contributed by atoms with Gasteiger partial charge in [-0.2, -0.15) is 0 Å². The van der Waals surface area contributed by atoms with E-state index in [2.05, 4.69) is 0 Å². The lowest BCUT2D eigenvalue weighted by Gasteiger charge is -2.43. The molecule has 0 aliphatic carbocycles. The molecule has 0 N–H and O–H groups in total. The van der Waals surface area contributed by atoms with E-state index in [9.17, 15) is 13.2 Å². The van der Waals surface area contributed by atoms with Gasteiger partial charge in [0.1, 0.15) is 0 Å². The van der Waals surface area contributed by atoms with Gasteiger partial charge in [-0.1, -0.05) is 17.7 Å². The number of nitrogens with zero attached hydrogens (tertiary/aromatic N) is 2. The second kappa shape index (κ2) is 6.90. The van der Waals surface area contributed by atoms with Gasteiger partial charge in [0.25, 0.3) is 0 Å². The number of amides is 1. The van der Waals surface area contributed by atoms with Crippen molar-refractivity contribution in [2.75, 3.05) is 29.7 Å². The first-order chi connectivity index (χ1) is 13.9. The fourth-order valence-electron chi connectivity index (χ4n) is 4.34. The van der Waals surface area contributed by atoms with E-state index in [1.807, 2.05) is 23.1 Å². The van der Waals surface area contributed by atoms with Crippen LogP contribution in [0.3, 0.4) is 0 Å². The van der Waals surface area contributed by atoms with Crippen molar-refractivity contribution in [3.8, 4) is 11.5 Å². The Kier molecular flexibility index (Phi) is 4.45. The van der Waals surface area contributed by atoms with Crippen LogP contribution < -0.4 is 14.4 Å². The topological polar surface area (TPSA) is 76.1 Å². The summed E-state index contributed by atoms with van der Waals surface area (Å²) in [6.07, 6.45) is 0. The van der Waals surface area contributed by atoms with Crippen molar-refractivity contribution in [3.63, 3.8) is 0 Å². The third-order valence-corrected chi connectivity index (χ3v) is 7.58. The summed E-state index contributed by atoms with van der Waals surface area (Å²) in [5.41, 5.74) is 1.62. The summed E-state index contributed by atoms with van der Waals surface area (Å²) in [5, 5.41) is 0.568. The zero-order valence-corrected chi connectivity index (χ0v) is 17.0. The van der Waals surface area contributed by atoms with E-state index < -0.39 is 15.9 Å². The summed E-state index contributed by atoms with van der Waals surface area (Å²) < 4.78 is 35.7. The molecule has 2 saturated heterocycles. The second-order valence-electron chi connectivity index (χ2n) is 7.54. The number of fused-ring (bicyclic) bond motifs is 2. The van der Waals surface area contributed by atoms with E-state index >= 15 is 0 Å². The zero-order chi connectivity index (χ0) is 20.2. The summed E-state index contributed by atoms with van der Waals surface area (Å²) in [6.45, 7) is 0.807. The molecule has 3 aliphatic rings. The molecule has 0 radical (unpaired) electrons. The number of anilines is 1. The average Bonchev–Trinajstić information content (AvgIpc) is 3.26. The summed E-state index contributed by atoms with van der Waals surface area (Å²) in [6, 6.07) is 11.9. The quantitative estimate of drug-likeness (QED) is 0.736. The van der Waals surface area contributed by atoms with Crippen molar-refractivity contribution in [2.45, 2.75) is 18.6 Å². The number of sulfone groups is 1. The summed E-state index contributed by atoms with van der Waals surface area (Å²) in [7, 11) is -3.24. The molecule has 2 atom stereocenters. The molecule has 0 bridgehead atoms. The first-order valence-electron chi connectivity index (χ1n) is 9.30. The molecule has 3 heterocycles. The van der Waals surface area contributed by atoms with E-state index in [4.69, 9.17) is 21.1 Å². The van der Waals surface area contributed by atoms with Gasteiger partial charge in [-0.25, -0.2) is 8.42 Å². The van der Waals surface area contributed by atoms with Gasteiger partial charge in [0, 0.05) is 23.3 Å². The average molecular weight is 435 g/mol. The van der Waals surface area contributed by atoms with Crippen LogP contribution in [0.15, 0.2) is 42.5 Å². The van der Waals surface area contributed by atoms with Gasteiger partial charge in [-0.3, -0.25) is 9.69 Å². The molecule has 0 spiro atoms. The van der Waals surface area contributed by atoms with Crippen molar-refractivity contribution in [1.82, 2.24) is 4.90 Å². The molecule has 29 heavy (non-hydrogen) atoms. The van der Waals surface area contributed by atoms with Crippen LogP contribution in [0.4, 0.5) is 5.69 Å². The third kappa shape index (κ3) is 3.45. The highest BCUT2D eigenvalue weighted by molar-refractivity contribution is 7.91. The lowest BCUT2D eigenvalue weighted by atomic mass is 10.0. The first-order valence-corrected chi connectivity index (χ1v) is 11.5. The Morgan fingerprint density at radius 3 is 2.52 bits per heavy atom. The number of ether oxygens (including phenoxy) is 2. The van der Waals surface area contributed by atoms with Crippen molar-refractivity contribution in [3.05, 3.63) is 53.1 Å². The molecule has 1 amide bonds.